The highest BCUT2D eigenvalue weighted by molar-refractivity contribution is 5.77. The monoisotopic (exact) mass is 327 g/mol. The summed E-state index contributed by atoms with van der Waals surface area (Å²) in [5, 5.41) is 2.89. The van der Waals surface area contributed by atoms with Crippen LogP contribution in [0, 0.1) is 13.8 Å². The van der Waals surface area contributed by atoms with Crippen molar-refractivity contribution in [1.82, 2.24) is 5.32 Å². The Bertz CT molecular complexity index is 662. The van der Waals surface area contributed by atoms with Gasteiger partial charge in [-0.15, -0.1) is 0 Å². The van der Waals surface area contributed by atoms with Crippen molar-refractivity contribution in [1.29, 1.82) is 0 Å². The molecule has 0 aliphatic carbocycles. The molecule has 24 heavy (non-hydrogen) atoms. The van der Waals surface area contributed by atoms with Crippen molar-refractivity contribution in [3.63, 3.8) is 0 Å². The summed E-state index contributed by atoms with van der Waals surface area (Å²) < 4.78 is 10.8. The molecule has 0 radical (unpaired) electrons. The average molecular weight is 327 g/mol. The third-order valence-electron chi connectivity index (χ3n) is 3.66. The topological polar surface area (TPSA) is 47.6 Å². The number of ether oxygens (including phenoxy) is 2. The second-order valence-electron chi connectivity index (χ2n) is 5.92. The Balaban J connectivity index is 1.67. The Hall–Kier alpha value is -2.49. The third-order valence-corrected chi connectivity index (χ3v) is 3.66. The van der Waals surface area contributed by atoms with Gasteiger partial charge in [-0.1, -0.05) is 18.2 Å². The Kier molecular flexibility index (Phi) is 6.67. The first-order valence-electron chi connectivity index (χ1n) is 8.17. The van der Waals surface area contributed by atoms with Gasteiger partial charge in [-0.25, -0.2) is 0 Å². The molecular weight excluding hydrogens is 302 g/mol. The normalized spacial score (nSPS) is 10.3. The van der Waals surface area contributed by atoms with Gasteiger partial charge in [0.2, 0.25) is 0 Å². The summed E-state index contributed by atoms with van der Waals surface area (Å²) in [7, 11) is 1.66. The third kappa shape index (κ3) is 5.95. The van der Waals surface area contributed by atoms with Crippen molar-refractivity contribution in [3.8, 4) is 11.5 Å². The molecule has 0 heterocycles. The summed E-state index contributed by atoms with van der Waals surface area (Å²) in [5.41, 5.74) is 3.46. The first-order valence-corrected chi connectivity index (χ1v) is 8.17. The Morgan fingerprint density at radius 1 is 1.04 bits per heavy atom. The maximum atomic E-state index is 11.8. The lowest BCUT2D eigenvalue weighted by Crippen LogP contribution is -2.29. The van der Waals surface area contributed by atoms with Crippen LogP contribution >= 0.6 is 0 Å². The van der Waals surface area contributed by atoms with Crippen LogP contribution in [0.25, 0.3) is 0 Å². The molecule has 1 N–H and O–H groups in total. The first kappa shape index (κ1) is 17.9. The van der Waals surface area contributed by atoms with Gasteiger partial charge in [0.15, 0.2) is 6.61 Å². The molecule has 4 nitrogen and oxygen atoms in total. The zero-order valence-electron chi connectivity index (χ0n) is 14.6. The predicted molar refractivity (Wildman–Crippen MR) is 95.7 cm³/mol. The summed E-state index contributed by atoms with van der Waals surface area (Å²) in [5.74, 6) is 1.50. The summed E-state index contributed by atoms with van der Waals surface area (Å²) in [6.45, 7) is 4.70. The fourth-order valence-electron chi connectivity index (χ4n) is 2.56. The number of hydrogen-bond acceptors (Lipinski definition) is 3. The van der Waals surface area contributed by atoms with Gasteiger partial charge >= 0.3 is 0 Å². The number of benzene rings is 2. The largest absolute Gasteiger partial charge is 0.497 e. The molecule has 0 spiro atoms. The minimum Gasteiger partial charge on any atom is -0.497 e. The zero-order chi connectivity index (χ0) is 17.4. The highest BCUT2D eigenvalue weighted by Crippen LogP contribution is 2.16. The lowest BCUT2D eigenvalue weighted by Gasteiger charge is -2.09. The molecule has 0 aliphatic heterocycles. The quantitative estimate of drug-likeness (QED) is 0.756. The summed E-state index contributed by atoms with van der Waals surface area (Å²) in [6, 6.07) is 13.9. The molecule has 2 aromatic rings. The van der Waals surface area contributed by atoms with E-state index < -0.39 is 0 Å². The molecule has 0 aromatic heterocycles. The van der Waals surface area contributed by atoms with Crippen molar-refractivity contribution >= 4 is 5.91 Å². The first-order chi connectivity index (χ1) is 11.6. The van der Waals surface area contributed by atoms with Crippen LogP contribution in [-0.2, 0) is 11.2 Å². The molecule has 128 valence electrons. The fraction of sp³-hybridized carbons (Fsp3) is 0.350. The van der Waals surface area contributed by atoms with Gasteiger partial charge in [0.05, 0.1) is 7.11 Å². The van der Waals surface area contributed by atoms with E-state index in [1.54, 1.807) is 7.11 Å². The number of nitrogens with one attached hydrogen (secondary N) is 1. The number of carbonyl (C=O) groups is 1. The lowest BCUT2D eigenvalue weighted by molar-refractivity contribution is -0.123. The van der Waals surface area contributed by atoms with Crippen LogP contribution in [0.4, 0.5) is 0 Å². The number of rotatable bonds is 8. The highest BCUT2D eigenvalue weighted by Gasteiger charge is 2.04. The van der Waals surface area contributed by atoms with E-state index in [4.69, 9.17) is 9.47 Å². The fourth-order valence-corrected chi connectivity index (χ4v) is 2.56. The van der Waals surface area contributed by atoms with E-state index in [-0.39, 0.29) is 12.5 Å². The predicted octanol–water partition coefficient (Wildman–Crippen LogP) is 3.44. The van der Waals surface area contributed by atoms with Gasteiger partial charge in [0.1, 0.15) is 11.5 Å². The van der Waals surface area contributed by atoms with Gasteiger partial charge in [-0.05, 0) is 67.6 Å². The van der Waals surface area contributed by atoms with Gasteiger partial charge in [0.25, 0.3) is 5.91 Å². The van der Waals surface area contributed by atoms with E-state index in [0.29, 0.717) is 6.54 Å². The van der Waals surface area contributed by atoms with E-state index in [1.165, 1.54) is 5.56 Å². The van der Waals surface area contributed by atoms with E-state index in [0.717, 1.165) is 35.5 Å². The van der Waals surface area contributed by atoms with Gasteiger partial charge in [0, 0.05) is 6.54 Å². The molecule has 2 rings (SSSR count). The van der Waals surface area contributed by atoms with Crippen LogP contribution in [0.15, 0.2) is 42.5 Å². The van der Waals surface area contributed by atoms with Crippen molar-refractivity contribution in [3.05, 3.63) is 59.2 Å². The molecule has 2 aromatic carbocycles. The van der Waals surface area contributed by atoms with Crippen LogP contribution < -0.4 is 14.8 Å². The van der Waals surface area contributed by atoms with Crippen LogP contribution in [0.5, 0.6) is 11.5 Å². The van der Waals surface area contributed by atoms with Crippen molar-refractivity contribution < 1.29 is 14.3 Å². The van der Waals surface area contributed by atoms with Crippen LogP contribution in [0.1, 0.15) is 23.1 Å². The smallest absolute Gasteiger partial charge is 0.257 e. The number of aryl methyl sites for hydroxylation is 3. The molecule has 0 fully saturated rings. The van der Waals surface area contributed by atoms with Crippen LogP contribution in [0.3, 0.4) is 0 Å². The van der Waals surface area contributed by atoms with Crippen molar-refractivity contribution in [2.75, 3.05) is 20.3 Å². The highest BCUT2D eigenvalue weighted by atomic mass is 16.5. The number of carbonyl (C=O) groups excluding carboxylic acids is 1. The van der Waals surface area contributed by atoms with Crippen molar-refractivity contribution in [2.24, 2.45) is 0 Å². The summed E-state index contributed by atoms with van der Waals surface area (Å²) in [4.78, 5) is 11.8. The maximum Gasteiger partial charge on any atom is 0.257 e. The number of amides is 1. The van der Waals surface area contributed by atoms with Gasteiger partial charge in [-0.2, -0.15) is 0 Å². The van der Waals surface area contributed by atoms with Crippen molar-refractivity contribution in [2.45, 2.75) is 26.7 Å². The van der Waals surface area contributed by atoms with E-state index in [9.17, 15) is 4.79 Å². The molecule has 1 amide bonds. The average Bonchev–Trinajstić information content (AvgIpc) is 2.56. The molecule has 0 atom stereocenters. The summed E-state index contributed by atoms with van der Waals surface area (Å²) in [6.07, 6.45) is 1.78. The standard InChI is InChI=1S/C20H25NO3/c1-15-10-16(2)12-19(11-15)24-14-20(22)21-9-5-7-17-6-4-8-18(13-17)23-3/h4,6,8,10-13H,5,7,9,14H2,1-3H3,(H,21,22). The van der Waals surface area contributed by atoms with E-state index in [1.807, 2.05) is 44.2 Å². The number of methoxy groups -OCH3 is 1. The summed E-state index contributed by atoms with van der Waals surface area (Å²) >= 11 is 0. The lowest BCUT2D eigenvalue weighted by atomic mass is 10.1. The molecule has 0 saturated heterocycles. The SMILES string of the molecule is COc1cccc(CCCNC(=O)COc2cc(C)cc(C)c2)c1. The maximum absolute atomic E-state index is 11.8. The van der Waals surface area contributed by atoms with Gasteiger partial charge in [-0.3, -0.25) is 4.79 Å². The van der Waals surface area contributed by atoms with Crippen LogP contribution in [0.2, 0.25) is 0 Å². The minimum absolute atomic E-state index is 0.0437. The molecule has 0 aliphatic rings. The Morgan fingerprint density at radius 3 is 2.50 bits per heavy atom. The number of hydrogen-bond donors (Lipinski definition) is 1. The van der Waals surface area contributed by atoms with E-state index >= 15 is 0 Å². The molecule has 0 unspecified atom stereocenters. The second kappa shape index (κ2) is 8.96. The molecule has 0 saturated carbocycles. The minimum atomic E-state index is -0.0974. The second-order valence-corrected chi connectivity index (χ2v) is 5.92. The van der Waals surface area contributed by atoms with Gasteiger partial charge < -0.3 is 14.8 Å². The van der Waals surface area contributed by atoms with E-state index in [2.05, 4.69) is 17.4 Å². The molecule has 0 bridgehead atoms. The molecule has 4 heteroatoms. The van der Waals surface area contributed by atoms with Crippen LogP contribution in [-0.4, -0.2) is 26.2 Å². The Labute approximate surface area is 143 Å². The molecular formula is C20H25NO3. The zero-order valence-corrected chi connectivity index (χ0v) is 14.6. The Morgan fingerprint density at radius 2 is 1.79 bits per heavy atom.